The molecule has 0 saturated carbocycles. The fourth-order valence-electron chi connectivity index (χ4n) is 2.94. The second kappa shape index (κ2) is 6.16. The Morgan fingerprint density at radius 3 is 2.71 bits per heavy atom. The molecule has 0 radical (unpaired) electrons. The third kappa shape index (κ3) is 3.51. The maximum Gasteiger partial charge on any atom is 0.255 e. The minimum atomic E-state index is -3.46. The van der Waals surface area contributed by atoms with Crippen LogP contribution in [0.2, 0.25) is 0 Å². The summed E-state index contributed by atoms with van der Waals surface area (Å²) < 4.78 is 24.9. The van der Waals surface area contributed by atoms with E-state index in [1.807, 2.05) is 24.3 Å². The van der Waals surface area contributed by atoms with Crippen LogP contribution in [0.25, 0.3) is 0 Å². The normalized spacial score (nSPS) is 16.5. The van der Waals surface area contributed by atoms with E-state index in [1.165, 1.54) is 23.8 Å². The standard InChI is InChI=1S/C17H18N2O4S/c1-24(22,23)19-12-7-9-16(20)14(10-12)17(21)18-15-8-6-11-4-2-3-5-13(11)15/h2-5,7,9-10,15,19-20H,6,8H2,1H3,(H,18,21). The number of carbonyl (C=O) groups excluding carboxylic acids is 1. The van der Waals surface area contributed by atoms with Crippen molar-refractivity contribution in [3.05, 3.63) is 59.2 Å². The average Bonchev–Trinajstić information content (AvgIpc) is 2.91. The maximum absolute atomic E-state index is 12.5. The van der Waals surface area contributed by atoms with Gasteiger partial charge in [-0.15, -0.1) is 0 Å². The zero-order valence-electron chi connectivity index (χ0n) is 13.1. The van der Waals surface area contributed by atoms with Crippen LogP contribution in [0, 0.1) is 0 Å². The van der Waals surface area contributed by atoms with Crippen LogP contribution < -0.4 is 10.0 Å². The van der Waals surface area contributed by atoms with E-state index in [-0.39, 0.29) is 23.0 Å². The molecule has 0 heterocycles. The van der Waals surface area contributed by atoms with E-state index in [4.69, 9.17) is 0 Å². The number of anilines is 1. The Morgan fingerprint density at radius 2 is 1.96 bits per heavy atom. The molecule has 1 aliphatic rings. The number of sulfonamides is 1. The van der Waals surface area contributed by atoms with Gasteiger partial charge in [0.15, 0.2) is 0 Å². The van der Waals surface area contributed by atoms with Gasteiger partial charge in [0.2, 0.25) is 10.0 Å². The smallest absolute Gasteiger partial charge is 0.255 e. The molecule has 0 aliphatic heterocycles. The Balaban J connectivity index is 1.82. The van der Waals surface area contributed by atoms with Crippen molar-refractivity contribution < 1.29 is 18.3 Å². The molecule has 0 saturated heterocycles. The number of hydrogen-bond acceptors (Lipinski definition) is 4. The van der Waals surface area contributed by atoms with E-state index < -0.39 is 15.9 Å². The number of aryl methyl sites for hydroxylation is 1. The van der Waals surface area contributed by atoms with Crippen molar-refractivity contribution in [1.82, 2.24) is 5.32 Å². The molecule has 1 unspecified atom stereocenters. The molecule has 6 nitrogen and oxygen atoms in total. The fourth-order valence-corrected chi connectivity index (χ4v) is 3.49. The van der Waals surface area contributed by atoms with Gasteiger partial charge in [-0.25, -0.2) is 8.42 Å². The lowest BCUT2D eigenvalue weighted by atomic mass is 10.1. The molecule has 1 amide bonds. The van der Waals surface area contributed by atoms with Crippen LogP contribution in [0.5, 0.6) is 5.75 Å². The zero-order valence-corrected chi connectivity index (χ0v) is 13.9. The number of phenols is 1. The van der Waals surface area contributed by atoms with Crippen LogP contribution in [-0.2, 0) is 16.4 Å². The van der Waals surface area contributed by atoms with Gasteiger partial charge < -0.3 is 10.4 Å². The Bertz CT molecular complexity index is 893. The molecule has 3 N–H and O–H groups in total. The highest BCUT2D eigenvalue weighted by Crippen LogP contribution is 2.31. The van der Waals surface area contributed by atoms with E-state index >= 15 is 0 Å². The second-order valence-corrected chi connectivity index (χ2v) is 7.62. The van der Waals surface area contributed by atoms with Crippen LogP contribution in [0.15, 0.2) is 42.5 Å². The summed E-state index contributed by atoms with van der Waals surface area (Å²) in [5, 5.41) is 12.8. The molecule has 0 spiro atoms. The molecule has 2 aromatic rings. The number of aromatic hydroxyl groups is 1. The predicted octanol–water partition coefficient (Wildman–Crippen LogP) is 2.18. The maximum atomic E-state index is 12.5. The summed E-state index contributed by atoms with van der Waals surface area (Å²) >= 11 is 0. The van der Waals surface area contributed by atoms with Crippen LogP contribution >= 0.6 is 0 Å². The van der Waals surface area contributed by atoms with Gasteiger partial charge >= 0.3 is 0 Å². The molecule has 24 heavy (non-hydrogen) atoms. The van der Waals surface area contributed by atoms with Crippen molar-refractivity contribution in [1.29, 1.82) is 0 Å². The molecular formula is C17H18N2O4S. The first-order valence-electron chi connectivity index (χ1n) is 7.53. The van der Waals surface area contributed by atoms with Crippen LogP contribution in [0.3, 0.4) is 0 Å². The van der Waals surface area contributed by atoms with E-state index in [2.05, 4.69) is 10.0 Å². The van der Waals surface area contributed by atoms with Crippen LogP contribution in [0.1, 0.15) is 33.9 Å². The second-order valence-electron chi connectivity index (χ2n) is 5.87. The van der Waals surface area contributed by atoms with Crippen molar-refractivity contribution >= 4 is 21.6 Å². The van der Waals surface area contributed by atoms with Gasteiger partial charge in [0.1, 0.15) is 5.75 Å². The molecule has 0 aromatic heterocycles. The largest absolute Gasteiger partial charge is 0.507 e. The van der Waals surface area contributed by atoms with E-state index in [9.17, 15) is 18.3 Å². The molecule has 2 aromatic carbocycles. The molecular weight excluding hydrogens is 328 g/mol. The summed E-state index contributed by atoms with van der Waals surface area (Å²) in [4.78, 5) is 12.5. The molecule has 1 atom stereocenters. The minimum absolute atomic E-state index is 0.0352. The molecule has 7 heteroatoms. The topological polar surface area (TPSA) is 95.5 Å². The lowest BCUT2D eigenvalue weighted by Gasteiger charge is -2.15. The van der Waals surface area contributed by atoms with Crippen LogP contribution in [-0.4, -0.2) is 25.7 Å². The summed E-state index contributed by atoms with van der Waals surface area (Å²) in [5.74, 6) is -0.635. The van der Waals surface area contributed by atoms with Gasteiger partial charge in [0.05, 0.1) is 17.9 Å². The van der Waals surface area contributed by atoms with E-state index in [0.29, 0.717) is 0 Å². The summed E-state index contributed by atoms with van der Waals surface area (Å²) in [7, 11) is -3.46. The first kappa shape index (κ1) is 16.3. The minimum Gasteiger partial charge on any atom is -0.507 e. The van der Waals surface area contributed by atoms with Crippen LogP contribution in [0.4, 0.5) is 5.69 Å². The summed E-state index contributed by atoms with van der Waals surface area (Å²) in [5.41, 5.74) is 2.55. The first-order valence-corrected chi connectivity index (χ1v) is 9.42. The predicted molar refractivity (Wildman–Crippen MR) is 91.5 cm³/mol. The number of hydrogen-bond donors (Lipinski definition) is 3. The number of carbonyl (C=O) groups is 1. The van der Waals surface area contributed by atoms with Gasteiger partial charge in [0.25, 0.3) is 5.91 Å². The lowest BCUT2D eigenvalue weighted by Crippen LogP contribution is -2.27. The summed E-state index contributed by atoms with van der Waals surface area (Å²) in [6.07, 6.45) is 2.71. The van der Waals surface area contributed by atoms with Crippen molar-refractivity contribution in [2.75, 3.05) is 11.0 Å². The van der Waals surface area contributed by atoms with E-state index in [1.54, 1.807) is 0 Å². The fraction of sp³-hybridized carbons (Fsp3) is 0.235. The van der Waals surface area contributed by atoms with Gasteiger partial charge in [0, 0.05) is 5.69 Å². The Labute approximate surface area is 140 Å². The van der Waals surface area contributed by atoms with Crippen molar-refractivity contribution in [3.8, 4) is 5.75 Å². The highest BCUT2D eigenvalue weighted by Gasteiger charge is 2.25. The molecule has 0 fully saturated rings. The quantitative estimate of drug-likeness (QED) is 0.740. The Kier molecular flexibility index (Phi) is 4.19. The summed E-state index contributed by atoms with van der Waals surface area (Å²) in [6.45, 7) is 0. The summed E-state index contributed by atoms with van der Waals surface area (Å²) in [6, 6.07) is 11.8. The Hall–Kier alpha value is -2.54. The molecule has 126 valence electrons. The highest BCUT2D eigenvalue weighted by molar-refractivity contribution is 7.92. The van der Waals surface area contributed by atoms with Crippen molar-refractivity contribution in [3.63, 3.8) is 0 Å². The molecule has 1 aliphatic carbocycles. The number of benzene rings is 2. The lowest BCUT2D eigenvalue weighted by molar-refractivity contribution is 0.0934. The Morgan fingerprint density at radius 1 is 1.21 bits per heavy atom. The number of fused-ring (bicyclic) bond motifs is 1. The monoisotopic (exact) mass is 346 g/mol. The third-order valence-electron chi connectivity index (χ3n) is 3.98. The van der Waals surface area contributed by atoms with Gasteiger partial charge in [-0.1, -0.05) is 24.3 Å². The number of phenolic OH excluding ortho intramolecular Hbond substituents is 1. The van der Waals surface area contributed by atoms with E-state index in [0.717, 1.165) is 24.7 Å². The first-order chi connectivity index (χ1) is 11.3. The van der Waals surface area contributed by atoms with Gasteiger partial charge in [-0.2, -0.15) is 0 Å². The number of amides is 1. The molecule has 0 bridgehead atoms. The average molecular weight is 346 g/mol. The SMILES string of the molecule is CS(=O)(=O)Nc1ccc(O)c(C(=O)NC2CCc3ccccc32)c1. The number of nitrogens with one attached hydrogen (secondary N) is 2. The zero-order chi connectivity index (χ0) is 17.3. The number of rotatable bonds is 4. The van der Waals surface area contributed by atoms with Gasteiger partial charge in [-0.05, 0) is 42.2 Å². The van der Waals surface area contributed by atoms with Crippen molar-refractivity contribution in [2.24, 2.45) is 0 Å². The molecule has 3 rings (SSSR count). The van der Waals surface area contributed by atoms with Crippen molar-refractivity contribution in [2.45, 2.75) is 18.9 Å². The third-order valence-corrected chi connectivity index (χ3v) is 4.59. The van der Waals surface area contributed by atoms with Gasteiger partial charge in [-0.3, -0.25) is 9.52 Å². The highest BCUT2D eigenvalue weighted by atomic mass is 32.2.